The molecule has 0 aromatic carbocycles. The summed E-state index contributed by atoms with van der Waals surface area (Å²) in [4.78, 5) is 32.5. The molecule has 2 fully saturated rings. The topological polar surface area (TPSA) is 67.7 Å². The minimum absolute atomic E-state index is 0.0147. The molecule has 0 radical (unpaired) electrons. The van der Waals surface area contributed by atoms with Gasteiger partial charge in [-0.25, -0.2) is 5.06 Å². The van der Waals surface area contributed by atoms with E-state index in [-0.39, 0.29) is 23.8 Å². The molecule has 0 unspecified atom stereocenters. The Balaban J connectivity index is 1.46. The Morgan fingerprint density at radius 2 is 2.12 bits per heavy atom. The first kappa shape index (κ1) is 15.6. The molecule has 1 saturated carbocycles. The van der Waals surface area contributed by atoms with Crippen LogP contribution in [0.15, 0.2) is 12.3 Å². The summed E-state index contributed by atoms with van der Waals surface area (Å²) < 4.78 is 1.91. The van der Waals surface area contributed by atoms with Gasteiger partial charge in [-0.3, -0.25) is 19.1 Å². The highest BCUT2D eigenvalue weighted by atomic mass is 16.7. The first-order chi connectivity index (χ1) is 11.7. The van der Waals surface area contributed by atoms with Crippen LogP contribution in [0.2, 0.25) is 0 Å². The molecule has 2 amide bonds. The van der Waals surface area contributed by atoms with E-state index in [9.17, 15) is 9.59 Å². The van der Waals surface area contributed by atoms with Gasteiger partial charge in [0.15, 0.2) is 0 Å². The molecule has 1 atom stereocenters. The SMILES string of the molecule is O=C(C1CCC1)N1Cc2ccnn2[C@H](CC(=O)N2CCCCO2)C1. The third kappa shape index (κ3) is 2.92. The second kappa shape index (κ2) is 6.55. The van der Waals surface area contributed by atoms with Gasteiger partial charge < -0.3 is 4.90 Å². The van der Waals surface area contributed by atoms with E-state index in [1.165, 1.54) is 5.06 Å². The van der Waals surface area contributed by atoms with Crippen LogP contribution in [0.4, 0.5) is 0 Å². The fourth-order valence-corrected chi connectivity index (χ4v) is 3.72. The maximum Gasteiger partial charge on any atom is 0.248 e. The number of carbonyl (C=O) groups is 2. The molecule has 24 heavy (non-hydrogen) atoms. The molecule has 3 heterocycles. The molecule has 0 N–H and O–H groups in total. The van der Waals surface area contributed by atoms with Gasteiger partial charge in [0, 0.05) is 25.2 Å². The zero-order chi connectivity index (χ0) is 16.5. The van der Waals surface area contributed by atoms with E-state index >= 15 is 0 Å². The molecule has 1 aromatic heterocycles. The monoisotopic (exact) mass is 332 g/mol. The second-order valence-corrected chi connectivity index (χ2v) is 7.01. The highest BCUT2D eigenvalue weighted by molar-refractivity contribution is 5.80. The lowest BCUT2D eigenvalue weighted by Crippen LogP contribution is -2.46. The standard InChI is InChI=1S/C17H24N4O3/c22-16(20-8-1-2-9-24-20)10-15-12-19(17(23)13-4-3-5-13)11-14-6-7-18-21(14)15/h6-7,13,15H,1-5,8-12H2/t15-/m1/s1. The summed E-state index contributed by atoms with van der Waals surface area (Å²) in [5.74, 6) is 0.403. The van der Waals surface area contributed by atoms with E-state index in [4.69, 9.17) is 4.84 Å². The van der Waals surface area contributed by atoms with Crippen molar-refractivity contribution in [2.24, 2.45) is 5.92 Å². The van der Waals surface area contributed by atoms with E-state index in [1.807, 2.05) is 15.6 Å². The lowest BCUT2D eigenvalue weighted by atomic mass is 9.84. The summed E-state index contributed by atoms with van der Waals surface area (Å²) in [5.41, 5.74) is 1.01. The molecular weight excluding hydrogens is 308 g/mol. The number of hydrogen-bond donors (Lipinski definition) is 0. The molecule has 0 spiro atoms. The lowest BCUT2D eigenvalue weighted by Gasteiger charge is -2.38. The number of fused-ring (bicyclic) bond motifs is 1. The predicted molar refractivity (Wildman–Crippen MR) is 85.5 cm³/mol. The molecule has 130 valence electrons. The van der Waals surface area contributed by atoms with E-state index < -0.39 is 0 Å². The summed E-state index contributed by atoms with van der Waals surface area (Å²) in [7, 11) is 0. The van der Waals surface area contributed by atoms with Gasteiger partial charge >= 0.3 is 0 Å². The largest absolute Gasteiger partial charge is 0.334 e. The van der Waals surface area contributed by atoms with Gasteiger partial charge in [-0.1, -0.05) is 6.42 Å². The third-order valence-electron chi connectivity index (χ3n) is 5.34. The number of aromatic nitrogens is 2. The Morgan fingerprint density at radius 3 is 2.83 bits per heavy atom. The van der Waals surface area contributed by atoms with Crippen molar-refractivity contribution in [2.45, 2.75) is 51.1 Å². The van der Waals surface area contributed by atoms with Crippen molar-refractivity contribution in [3.8, 4) is 0 Å². The summed E-state index contributed by atoms with van der Waals surface area (Å²) in [5, 5.41) is 5.86. The van der Waals surface area contributed by atoms with Crippen LogP contribution < -0.4 is 0 Å². The lowest BCUT2D eigenvalue weighted by molar-refractivity contribution is -0.198. The minimum atomic E-state index is -0.106. The molecule has 1 aliphatic carbocycles. The Labute approximate surface area is 141 Å². The van der Waals surface area contributed by atoms with E-state index in [2.05, 4.69) is 5.10 Å². The number of nitrogens with zero attached hydrogens (tertiary/aromatic N) is 4. The summed E-state index contributed by atoms with van der Waals surface area (Å²) in [6.07, 6.45) is 7.20. The van der Waals surface area contributed by atoms with Crippen molar-refractivity contribution in [1.82, 2.24) is 19.7 Å². The van der Waals surface area contributed by atoms with E-state index in [0.717, 1.165) is 37.8 Å². The second-order valence-electron chi connectivity index (χ2n) is 7.01. The zero-order valence-electron chi connectivity index (χ0n) is 13.9. The fraction of sp³-hybridized carbons (Fsp3) is 0.706. The van der Waals surface area contributed by atoms with Crippen molar-refractivity contribution < 1.29 is 14.4 Å². The quantitative estimate of drug-likeness (QED) is 0.841. The normalized spacial score (nSPS) is 24.4. The number of rotatable bonds is 3. The van der Waals surface area contributed by atoms with Crippen LogP contribution in [0.1, 0.15) is 50.3 Å². The molecular formula is C17H24N4O3. The summed E-state index contributed by atoms with van der Waals surface area (Å²) in [6.45, 7) is 2.42. The first-order valence-electron chi connectivity index (χ1n) is 8.97. The minimum Gasteiger partial charge on any atom is -0.334 e. The van der Waals surface area contributed by atoms with Crippen LogP contribution in [0.25, 0.3) is 0 Å². The van der Waals surface area contributed by atoms with Crippen LogP contribution >= 0.6 is 0 Å². The molecule has 0 bridgehead atoms. The summed E-state index contributed by atoms with van der Waals surface area (Å²) in [6, 6.07) is 1.83. The highest BCUT2D eigenvalue weighted by Crippen LogP contribution is 2.31. The van der Waals surface area contributed by atoms with E-state index in [0.29, 0.717) is 32.7 Å². The smallest absolute Gasteiger partial charge is 0.248 e. The van der Waals surface area contributed by atoms with Gasteiger partial charge in [0.25, 0.3) is 0 Å². The Hall–Kier alpha value is -1.89. The highest BCUT2D eigenvalue weighted by Gasteiger charge is 2.35. The maximum absolute atomic E-state index is 12.6. The molecule has 7 heteroatoms. The van der Waals surface area contributed by atoms with Gasteiger partial charge in [-0.05, 0) is 31.7 Å². The van der Waals surface area contributed by atoms with Crippen molar-refractivity contribution in [1.29, 1.82) is 0 Å². The van der Waals surface area contributed by atoms with Gasteiger partial charge in [0.05, 0.1) is 31.3 Å². The van der Waals surface area contributed by atoms with Gasteiger partial charge in [-0.2, -0.15) is 5.10 Å². The average Bonchev–Trinajstić information content (AvgIpc) is 3.02. The zero-order valence-corrected chi connectivity index (χ0v) is 13.9. The van der Waals surface area contributed by atoms with Gasteiger partial charge in [0.2, 0.25) is 11.8 Å². The predicted octanol–water partition coefficient (Wildman–Crippen LogP) is 1.51. The van der Waals surface area contributed by atoms with Gasteiger partial charge in [-0.15, -0.1) is 0 Å². The van der Waals surface area contributed by atoms with Crippen LogP contribution in [-0.2, 0) is 21.0 Å². The Kier molecular flexibility index (Phi) is 4.26. The van der Waals surface area contributed by atoms with E-state index in [1.54, 1.807) is 6.20 Å². The molecule has 7 nitrogen and oxygen atoms in total. The van der Waals surface area contributed by atoms with Crippen molar-refractivity contribution in [2.75, 3.05) is 19.7 Å². The Morgan fingerprint density at radius 1 is 1.25 bits per heavy atom. The van der Waals surface area contributed by atoms with Crippen molar-refractivity contribution in [3.05, 3.63) is 18.0 Å². The van der Waals surface area contributed by atoms with Gasteiger partial charge in [0.1, 0.15) is 0 Å². The maximum atomic E-state index is 12.6. The summed E-state index contributed by atoms with van der Waals surface area (Å²) >= 11 is 0. The molecule has 1 saturated heterocycles. The number of hydroxylamine groups is 2. The molecule has 2 aliphatic heterocycles. The van der Waals surface area contributed by atoms with Crippen LogP contribution in [0, 0.1) is 5.92 Å². The fourth-order valence-electron chi connectivity index (χ4n) is 3.72. The number of amides is 2. The third-order valence-corrected chi connectivity index (χ3v) is 5.34. The first-order valence-corrected chi connectivity index (χ1v) is 8.97. The molecule has 4 rings (SSSR count). The van der Waals surface area contributed by atoms with Crippen molar-refractivity contribution in [3.63, 3.8) is 0 Å². The Bertz CT molecular complexity index is 619. The number of hydrogen-bond acceptors (Lipinski definition) is 4. The molecule has 1 aromatic rings. The van der Waals surface area contributed by atoms with Crippen LogP contribution in [0.3, 0.4) is 0 Å². The average molecular weight is 332 g/mol. The number of carbonyl (C=O) groups excluding carboxylic acids is 2. The van der Waals surface area contributed by atoms with Crippen LogP contribution in [0.5, 0.6) is 0 Å². The van der Waals surface area contributed by atoms with Crippen LogP contribution in [-0.4, -0.2) is 51.3 Å². The van der Waals surface area contributed by atoms with Crippen molar-refractivity contribution >= 4 is 11.8 Å². The molecule has 3 aliphatic rings.